The monoisotopic (exact) mass is 239 g/mol. The first-order valence-corrected chi connectivity index (χ1v) is 6.75. The van der Waals surface area contributed by atoms with Crippen LogP contribution in [-0.4, -0.2) is 62.0 Å². The zero-order valence-corrected chi connectivity index (χ0v) is 11.3. The van der Waals surface area contributed by atoms with Crippen LogP contribution in [0.4, 0.5) is 0 Å². The van der Waals surface area contributed by atoms with E-state index in [4.69, 9.17) is 0 Å². The second-order valence-corrected chi connectivity index (χ2v) is 5.73. The summed E-state index contributed by atoms with van der Waals surface area (Å²) in [5, 5.41) is 3.31. The van der Waals surface area contributed by atoms with E-state index in [9.17, 15) is 4.79 Å². The first-order valence-electron chi connectivity index (χ1n) is 6.75. The fourth-order valence-corrected chi connectivity index (χ4v) is 2.96. The van der Waals surface area contributed by atoms with E-state index in [0.717, 1.165) is 39.0 Å². The standard InChI is InChI=1S/C13H25N3O/c1-10-8-14-9-12(10)13(17)16(3)11-4-6-15(2)7-5-11/h10-12,14H,4-9H2,1-3H3. The predicted octanol–water partition coefficient (Wildman–Crippen LogP) is 0.395. The molecule has 2 aliphatic heterocycles. The van der Waals surface area contributed by atoms with Crippen molar-refractivity contribution in [3.05, 3.63) is 0 Å². The van der Waals surface area contributed by atoms with Crippen LogP contribution in [0.25, 0.3) is 0 Å². The van der Waals surface area contributed by atoms with E-state index in [1.807, 2.05) is 11.9 Å². The molecule has 0 aromatic heterocycles. The third-order valence-corrected chi connectivity index (χ3v) is 4.42. The molecule has 2 fully saturated rings. The van der Waals surface area contributed by atoms with Crippen molar-refractivity contribution in [1.82, 2.24) is 15.1 Å². The van der Waals surface area contributed by atoms with Crippen LogP contribution in [0.2, 0.25) is 0 Å². The number of hydrogen-bond donors (Lipinski definition) is 1. The summed E-state index contributed by atoms with van der Waals surface area (Å²) in [5.74, 6) is 1.02. The summed E-state index contributed by atoms with van der Waals surface area (Å²) in [6.45, 7) is 6.24. The van der Waals surface area contributed by atoms with Crippen molar-refractivity contribution in [2.75, 3.05) is 40.3 Å². The molecule has 0 saturated carbocycles. The molecule has 2 heterocycles. The molecule has 0 spiro atoms. The summed E-state index contributed by atoms with van der Waals surface area (Å²) in [5.41, 5.74) is 0. The van der Waals surface area contributed by atoms with E-state index in [2.05, 4.69) is 24.2 Å². The van der Waals surface area contributed by atoms with Crippen molar-refractivity contribution in [1.29, 1.82) is 0 Å². The number of likely N-dealkylation sites (tertiary alicyclic amines) is 1. The number of carbonyl (C=O) groups excluding carboxylic acids is 1. The number of carbonyl (C=O) groups is 1. The lowest BCUT2D eigenvalue weighted by Gasteiger charge is -2.36. The Morgan fingerprint density at radius 2 is 1.94 bits per heavy atom. The van der Waals surface area contributed by atoms with Gasteiger partial charge in [0.05, 0.1) is 5.92 Å². The van der Waals surface area contributed by atoms with Gasteiger partial charge in [-0.25, -0.2) is 0 Å². The molecule has 17 heavy (non-hydrogen) atoms. The third kappa shape index (κ3) is 2.80. The van der Waals surface area contributed by atoms with E-state index in [1.54, 1.807) is 0 Å². The molecule has 98 valence electrons. The number of amides is 1. The van der Waals surface area contributed by atoms with Gasteiger partial charge in [0.15, 0.2) is 0 Å². The van der Waals surface area contributed by atoms with Crippen molar-refractivity contribution in [2.45, 2.75) is 25.8 Å². The lowest BCUT2D eigenvalue weighted by molar-refractivity contribution is -0.137. The van der Waals surface area contributed by atoms with Gasteiger partial charge in [-0.05, 0) is 45.4 Å². The minimum absolute atomic E-state index is 0.194. The van der Waals surface area contributed by atoms with Crippen molar-refractivity contribution in [3.8, 4) is 0 Å². The van der Waals surface area contributed by atoms with Crippen molar-refractivity contribution in [3.63, 3.8) is 0 Å². The molecule has 1 N–H and O–H groups in total. The number of nitrogens with zero attached hydrogens (tertiary/aromatic N) is 2. The van der Waals surface area contributed by atoms with Crippen LogP contribution >= 0.6 is 0 Å². The van der Waals surface area contributed by atoms with Gasteiger partial charge >= 0.3 is 0 Å². The number of nitrogens with one attached hydrogen (secondary N) is 1. The number of hydrogen-bond acceptors (Lipinski definition) is 3. The molecule has 0 aromatic rings. The predicted molar refractivity (Wildman–Crippen MR) is 68.8 cm³/mol. The zero-order chi connectivity index (χ0) is 12.4. The fraction of sp³-hybridized carbons (Fsp3) is 0.923. The highest BCUT2D eigenvalue weighted by molar-refractivity contribution is 5.79. The third-order valence-electron chi connectivity index (χ3n) is 4.42. The van der Waals surface area contributed by atoms with Crippen LogP contribution in [0.1, 0.15) is 19.8 Å². The smallest absolute Gasteiger partial charge is 0.227 e. The molecule has 2 aliphatic rings. The number of rotatable bonds is 2. The summed E-state index contributed by atoms with van der Waals surface area (Å²) in [4.78, 5) is 16.8. The van der Waals surface area contributed by atoms with Gasteiger partial charge in [-0.15, -0.1) is 0 Å². The Morgan fingerprint density at radius 1 is 1.29 bits per heavy atom. The minimum Gasteiger partial charge on any atom is -0.342 e. The van der Waals surface area contributed by atoms with Gasteiger partial charge in [0.2, 0.25) is 5.91 Å². The lowest BCUT2D eigenvalue weighted by atomic mass is 9.95. The van der Waals surface area contributed by atoms with Crippen LogP contribution < -0.4 is 5.32 Å². The minimum atomic E-state index is 0.194. The molecular weight excluding hydrogens is 214 g/mol. The maximum absolute atomic E-state index is 12.4. The maximum atomic E-state index is 12.4. The molecule has 2 unspecified atom stereocenters. The zero-order valence-electron chi connectivity index (χ0n) is 11.3. The Labute approximate surface area is 104 Å². The summed E-state index contributed by atoms with van der Waals surface area (Å²) in [7, 11) is 4.14. The van der Waals surface area contributed by atoms with Crippen LogP contribution in [0.3, 0.4) is 0 Å². The molecule has 0 aliphatic carbocycles. The summed E-state index contributed by atoms with van der Waals surface area (Å²) in [6.07, 6.45) is 2.24. The van der Waals surface area contributed by atoms with Gasteiger partial charge in [0.25, 0.3) is 0 Å². The Morgan fingerprint density at radius 3 is 2.47 bits per heavy atom. The first kappa shape index (κ1) is 12.8. The molecule has 4 nitrogen and oxygen atoms in total. The van der Waals surface area contributed by atoms with Crippen LogP contribution in [0.5, 0.6) is 0 Å². The molecule has 0 aromatic carbocycles. The fourth-order valence-electron chi connectivity index (χ4n) is 2.96. The van der Waals surface area contributed by atoms with Gasteiger partial charge in [-0.2, -0.15) is 0 Å². The highest BCUT2D eigenvalue weighted by Gasteiger charge is 2.34. The van der Waals surface area contributed by atoms with E-state index in [0.29, 0.717) is 17.9 Å². The molecule has 1 amide bonds. The molecule has 2 atom stereocenters. The quantitative estimate of drug-likeness (QED) is 0.757. The van der Waals surface area contributed by atoms with Crippen LogP contribution in [0.15, 0.2) is 0 Å². The Bertz CT molecular complexity index is 274. The highest BCUT2D eigenvalue weighted by Crippen LogP contribution is 2.22. The topological polar surface area (TPSA) is 35.6 Å². The molecule has 0 radical (unpaired) electrons. The van der Waals surface area contributed by atoms with Crippen molar-refractivity contribution in [2.24, 2.45) is 11.8 Å². The summed E-state index contributed by atoms with van der Waals surface area (Å²) < 4.78 is 0. The highest BCUT2D eigenvalue weighted by atomic mass is 16.2. The molecule has 0 bridgehead atoms. The van der Waals surface area contributed by atoms with Gasteiger partial charge < -0.3 is 15.1 Å². The van der Waals surface area contributed by atoms with E-state index < -0.39 is 0 Å². The normalized spacial score (nSPS) is 31.7. The van der Waals surface area contributed by atoms with Crippen molar-refractivity contribution >= 4 is 5.91 Å². The largest absolute Gasteiger partial charge is 0.342 e. The van der Waals surface area contributed by atoms with Crippen molar-refractivity contribution < 1.29 is 4.79 Å². The molecule has 4 heteroatoms. The Kier molecular flexibility index (Phi) is 4.05. The van der Waals surface area contributed by atoms with Gasteiger partial charge in [0.1, 0.15) is 0 Å². The average Bonchev–Trinajstić information content (AvgIpc) is 2.74. The number of piperidine rings is 1. The Balaban J connectivity index is 1.90. The van der Waals surface area contributed by atoms with E-state index in [-0.39, 0.29) is 5.92 Å². The van der Waals surface area contributed by atoms with Gasteiger partial charge in [-0.3, -0.25) is 4.79 Å². The summed E-state index contributed by atoms with van der Waals surface area (Å²) >= 11 is 0. The van der Waals surface area contributed by atoms with E-state index >= 15 is 0 Å². The average molecular weight is 239 g/mol. The SMILES string of the molecule is CC1CNCC1C(=O)N(C)C1CCN(C)CC1. The maximum Gasteiger partial charge on any atom is 0.227 e. The second-order valence-electron chi connectivity index (χ2n) is 5.73. The molecular formula is C13H25N3O. The molecule has 2 rings (SSSR count). The summed E-state index contributed by atoms with van der Waals surface area (Å²) in [6, 6.07) is 0.450. The Hall–Kier alpha value is -0.610. The molecule has 2 saturated heterocycles. The van der Waals surface area contributed by atoms with Gasteiger partial charge in [-0.1, -0.05) is 6.92 Å². The van der Waals surface area contributed by atoms with Crippen LogP contribution in [0, 0.1) is 11.8 Å². The second kappa shape index (κ2) is 5.36. The lowest BCUT2D eigenvalue weighted by Crippen LogP contribution is -2.47. The van der Waals surface area contributed by atoms with E-state index in [1.165, 1.54) is 0 Å². The van der Waals surface area contributed by atoms with Gasteiger partial charge in [0, 0.05) is 19.6 Å². The van der Waals surface area contributed by atoms with Crippen LogP contribution in [-0.2, 0) is 4.79 Å². The first-order chi connectivity index (χ1) is 8.09.